The van der Waals surface area contributed by atoms with Crippen molar-refractivity contribution in [1.82, 2.24) is 14.9 Å². The Morgan fingerprint density at radius 2 is 1.91 bits per heavy atom. The largest absolute Gasteiger partial charge is 0.388 e. The van der Waals surface area contributed by atoms with E-state index in [1.807, 2.05) is 13.8 Å². The summed E-state index contributed by atoms with van der Waals surface area (Å²) in [5.74, 6) is -0.165. The standard InChI is InChI=1S/C17H21N3O3/c1-10-11(2)19-14-8-12(4-5-13(14)18-10)16(22)20-7-6-17(3,23)15(21)9-20/h4-5,8,15,21,23H,6-7,9H2,1-3H3/t15-,17+/m0/s1. The van der Waals surface area contributed by atoms with Crippen molar-refractivity contribution < 1.29 is 15.0 Å². The second-order valence-corrected chi connectivity index (χ2v) is 6.47. The lowest BCUT2D eigenvalue weighted by Gasteiger charge is -2.39. The van der Waals surface area contributed by atoms with Crippen LogP contribution in [0.15, 0.2) is 18.2 Å². The predicted molar refractivity (Wildman–Crippen MR) is 86.2 cm³/mol. The van der Waals surface area contributed by atoms with Crippen LogP contribution in [0.4, 0.5) is 0 Å². The number of fused-ring (bicyclic) bond motifs is 1. The van der Waals surface area contributed by atoms with Crippen molar-refractivity contribution >= 4 is 16.9 Å². The first-order valence-corrected chi connectivity index (χ1v) is 7.72. The first-order valence-electron chi connectivity index (χ1n) is 7.72. The molecular weight excluding hydrogens is 294 g/mol. The van der Waals surface area contributed by atoms with Crippen LogP contribution in [-0.2, 0) is 0 Å². The van der Waals surface area contributed by atoms with Crippen LogP contribution >= 0.6 is 0 Å². The summed E-state index contributed by atoms with van der Waals surface area (Å²) in [5, 5.41) is 20.0. The Labute approximate surface area is 134 Å². The van der Waals surface area contributed by atoms with Gasteiger partial charge in [0.1, 0.15) is 0 Å². The lowest BCUT2D eigenvalue weighted by atomic mass is 9.90. The Morgan fingerprint density at radius 3 is 2.57 bits per heavy atom. The summed E-state index contributed by atoms with van der Waals surface area (Å²) in [5.41, 5.74) is 2.53. The molecule has 2 N–H and O–H groups in total. The van der Waals surface area contributed by atoms with Gasteiger partial charge in [-0.25, -0.2) is 9.97 Å². The molecule has 122 valence electrons. The number of β-amino-alcohol motifs (C(OH)–C–C–N with tert-alkyl or cyclic N) is 1. The summed E-state index contributed by atoms with van der Waals surface area (Å²) in [6.07, 6.45) is -0.587. The molecule has 6 heteroatoms. The summed E-state index contributed by atoms with van der Waals surface area (Å²) >= 11 is 0. The second-order valence-electron chi connectivity index (χ2n) is 6.47. The number of amides is 1. The highest BCUT2D eigenvalue weighted by Crippen LogP contribution is 2.24. The Balaban J connectivity index is 1.88. The maximum absolute atomic E-state index is 12.6. The summed E-state index contributed by atoms with van der Waals surface area (Å²) in [6, 6.07) is 5.25. The summed E-state index contributed by atoms with van der Waals surface area (Å²) < 4.78 is 0. The SMILES string of the molecule is Cc1nc2ccc(C(=O)N3CC[C@@](C)(O)[C@@H](O)C3)cc2nc1C. The number of aliphatic hydroxyl groups is 2. The van der Waals surface area contributed by atoms with Gasteiger partial charge in [0.2, 0.25) is 0 Å². The third kappa shape index (κ3) is 2.92. The number of aryl methyl sites for hydroxylation is 2. The molecule has 0 radical (unpaired) electrons. The molecular formula is C17H21N3O3. The zero-order chi connectivity index (χ0) is 16.8. The van der Waals surface area contributed by atoms with Gasteiger partial charge in [-0.2, -0.15) is 0 Å². The Hall–Kier alpha value is -2.05. The third-order valence-electron chi connectivity index (χ3n) is 4.61. The van der Waals surface area contributed by atoms with Gasteiger partial charge in [0.05, 0.1) is 34.1 Å². The molecule has 6 nitrogen and oxygen atoms in total. The number of carbonyl (C=O) groups is 1. The van der Waals surface area contributed by atoms with Crippen molar-refractivity contribution in [2.24, 2.45) is 0 Å². The average molecular weight is 315 g/mol. The number of hydrogen-bond donors (Lipinski definition) is 2. The number of piperidine rings is 1. The van der Waals surface area contributed by atoms with Crippen molar-refractivity contribution in [2.45, 2.75) is 38.9 Å². The minimum Gasteiger partial charge on any atom is -0.388 e. The van der Waals surface area contributed by atoms with Gasteiger partial charge in [-0.1, -0.05) is 0 Å². The minimum atomic E-state index is -1.14. The Morgan fingerprint density at radius 1 is 1.26 bits per heavy atom. The normalized spacial score (nSPS) is 24.9. The van der Waals surface area contributed by atoms with Crippen LogP contribution in [0.1, 0.15) is 35.1 Å². The summed E-state index contributed by atoms with van der Waals surface area (Å²) in [4.78, 5) is 23.1. The molecule has 0 bridgehead atoms. The monoisotopic (exact) mass is 315 g/mol. The molecule has 23 heavy (non-hydrogen) atoms. The highest BCUT2D eigenvalue weighted by molar-refractivity contribution is 5.97. The quantitative estimate of drug-likeness (QED) is 0.826. The van der Waals surface area contributed by atoms with Gasteiger partial charge < -0.3 is 15.1 Å². The fraction of sp³-hybridized carbons (Fsp3) is 0.471. The van der Waals surface area contributed by atoms with E-state index in [9.17, 15) is 15.0 Å². The highest BCUT2D eigenvalue weighted by atomic mass is 16.3. The minimum absolute atomic E-state index is 0.127. The van der Waals surface area contributed by atoms with Crippen LogP contribution in [0.3, 0.4) is 0 Å². The maximum atomic E-state index is 12.6. The van der Waals surface area contributed by atoms with E-state index in [1.54, 1.807) is 30.0 Å². The molecule has 1 aliphatic rings. The Kier molecular flexibility index (Phi) is 3.82. The molecule has 2 aromatic rings. The lowest BCUT2D eigenvalue weighted by molar-refractivity contribution is -0.0999. The van der Waals surface area contributed by atoms with E-state index in [2.05, 4.69) is 9.97 Å². The van der Waals surface area contributed by atoms with Crippen LogP contribution in [0.5, 0.6) is 0 Å². The first-order chi connectivity index (χ1) is 10.8. The number of likely N-dealkylation sites (tertiary alicyclic amines) is 1. The van der Waals surface area contributed by atoms with Gasteiger partial charge in [-0.15, -0.1) is 0 Å². The van der Waals surface area contributed by atoms with Gasteiger partial charge in [0.25, 0.3) is 5.91 Å². The molecule has 1 amide bonds. The molecule has 0 unspecified atom stereocenters. The van der Waals surface area contributed by atoms with Gasteiger partial charge in [0, 0.05) is 18.7 Å². The van der Waals surface area contributed by atoms with Crippen molar-refractivity contribution in [3.63, 3.8) is 0 Å². The molecule has 0 aliphatic carbocycles. The molecule has 0 spiro atoms. The maximum Gasteiger partial charge on any atom is 0.254 e. The number of rotatable bonds is 1. The van der Waals surface area contributed by atoms with Crippen LogP contribution < -0.4 is 0 Å². The van der Waals surface area contributed by atoms with Crippen molar-refractivity contribution in [1.29, 1.82) is 0 Å². The number of aromatic nitrogens is 2. The first kappa shape index (κ1) is 15.8. The molecule has 1 aliphatic heterocycles. The van der Waals surface area contributed by atoms with Crippen LogP contribution in [0.2, 0.25) is 0 Å². The van der Waals surface area contributed by atoms with E-state index in [4.69, 9.17) is 0 Å². The molecule has 1 aromatic heterocycles. The number of carbonyl (C=O) groups excluding carboxylic acids is 1. The lowest BCUT2D eigenvalue weighted by Crippen LogP contribution is -2.55. The van der Waals surface area contributed by atoms with E-state index in [1.165, 1.54) is 0 Å². The van der Waals surface area contributed by atoms with E-state index in [-0.39, 0.29) is 12.5 Å². The van der Waals surface area contributed by atoms with Crippen molar-refractivity contribution in [3.8, 4) is 0 Å². The van der Waals surface area contributed by atoms with Crippen LogP contribution in [-0.4, -0.2) is 55.8 Å². The van der Waals surface area contributed by atoms with Crippen LogP contribution in [0.25, 0.3) is 11.0 Å². The fourth-order valence-electron chi connectivity index (χ4n) is 2.76. The number of benzene rings is 1. The summed E-state index contributed by atoms with van der Waals surface area (Å²) in [7, 11) is 0. The molecule has 0 saturated carbocycles. The molecule has 1 fully saturated rings. The van der Waals surface area contributed by atoms with E-state index in [0.717, 1.165) is 16.9 Å². The van der Waals surface area contributed by atoms with Crippen molar-refractivity contribution in [3.05, 3.63) is 35.2 Å². The van der Waals surface area contributed by atoms with Gasteiger partial charge >= 0.3 is 0 Å². The number of nitrogens with zero attached hydrogens (tertiary/aromatic N) is 3. The van der Waals surface area contributed by atoms with Gasteiger partial charge in [-0.3, -0.25) is 4.79 Å². The Bertz CT molecular complexity index is 773. The summed E-state index contributed by atoms with van der Waals surface area (Å²) in [6.45, 7) is 5.93. The number of hydrogen-bond acceptors (Lipinski definition) is 5. The van der Waals surface area contributed by atoms with Gasteiger partial charge in [-0.05, 0) is 45.4 Å². The van der Waals surface area contributed by atoms with Crippen LogP contribution in [0, 0.1) is 13.8 Å². The molecule has 1 saturated heterocycles. The topological polar surface area (TPSA) is 86.6 Å². The molecule has 2 atom stereocenters. The predicted octanol–water partition coefficient (Wildman–Crippen LogP) is 1.20. The third-order valence-corrected chi connectivity index (χ3v) is 4.61. The van der Waals surface area contributed by atoms with Gasteiger partial charge in [0.15, 0.2) is 0 Å². The van der Waals surface area contributed by atoms with E-state index in [0.29, 0.717) is 24.0 Å². The molecule has 1 aromatic carbocycles. The average Bonchev–Trinajstić information content (AvgIpc) is 2.50. The smallest absolute Gasteiger partial charge is 0.254 e. The second kappa shape index (κ2) is 5.54. The molecule has 3 rings (SSSR count). The fourth-order valence-corrected chi connectivity index (χ4v) is 2.76. The van der Waals surface area contributed by atoms with E-state index >= 15 is 0 Å². The highest BCUT2D eigenvalue weighted by Gasteiger charge is 2.38. The van der Waals surface area contributed by atoms with Crippen molar-refractivity contribution in [2.75, 3.05) is 13.1 Å². The number of aliphatic hydroxyl groups excluding tert-OH is 1. The zero-order valence-corrected chi connectivity index (χ0v) is 13.6. The zero-order valence-electron chi connectivity index (χ0n) is 13.6. The van der Waals surface area contributed by atoms with E-state index < -0.39 is 11.7 Å². The molecule has 2 heterocycles.